The van der Waals surface area contributed by atoms with E-state index in [-0.39, 0.29) is 11.3 Å². The highest BCUT2D eigenvalue weighted by atomic mass is 19.4. The van der Waals surface area contributed by atoms with Crippen LogP contribution < -0.4 is 5.32 Å². The lowest BCUT2D eigenvalue weighted by Gasteiger charge is -2.25. The van der Waals surface area contributed by atoms with Gasteiger partial charge in [-0.1, -0.05) is 0 Å². The Kier molecular flexibility index (Phi) is 5.78. The predicted octanol–water partition coefficient (Wildman–Crippen LogP) is 1.95. The van der Waals surface area contributed by atoms with Crippen LogP contribution in [0, 0.1) is 11.3 Å². The fourth-order valence-electron chi connectivity index (χ4n) is 4.19. The predicted molar refractivity (Wildman–Crippen MR) is 90.6 cm³/mol. The van der Waals surface area contributed by atoms with Crippen LogP contribution in [0.15, 0.2) is 4.99 Å². The van der Waals surface area contributed by atoms with Crippen LogP contribution >= 0.6 is 0 Å². The second-order valence-corrected chi connectivity index (χ2v) is 7.67. The third-order valence-electron chi connectivity index (χ3n) is 5.53. The van der Waals surface area contributed by atoms with Gasteiger partial charge in [0, 0.05) is 44.7 Å². The minimum atomic E-state index is -4.11. The number of hydrogen-bond acceptors (Lipinski definition) is 3. The molecular weight excluding hydrogens is 333 g/mol. The first-order valence-electron chi connectivity index (χ1n) is 9.29. The highest BCUT2D eigenvalue weighted by molar-refractivity contribution is 5.80. The number of guanidine groups is 1. The molecule has 3 aliphatic heterocycles. The van der Waals surface area contributed by atoms with Crippen LogP contribution in [0.4, 0.5) is 13.2 Å². The minimum absolute atomic E-state index is 0.211. The molecule has 2 atom stereocenters. The SMILES string of the molecule is CCNC(=NCC1CCN(CC(F)(F)F)C1)N1CCC2(CCOC2)C1. The van der Waals surface area contributed by atoms with E-state index in [1.807, 2.05) is 6.92 Å². The number of aliphatic imine (C=N–C) groups is 1. The lowest BCUT2D eigenvalue weighted by molar-refractivity contribution is -0.143. The van der Waals surface area contributed by atoms with Gasteiger partial charge in [-0.25, -0.2) is 0 Å². The number of ether oxygens (including phenoxy) is 1. The van der Waals surface area contributed by atoms with Gasteiger partial charge in [0.05, 0.1) is 13.2 Å². The Labute approximate surface area is 147 Å². The molecule has 3 heterocycles. The van der Waals surface area contributed by atoms with Gasteiger partial charge >= 0.3 is 6.18 Å². The summed E-state index contributed by atoms with van der Waals surface area (Å²) in [7, 11) is 0. The molecule has 25 heavy (non-hydrogen) atoms. The van der Waals surface area contributed by atoms with Crippen molar-refractivity contribution in [3.05, 3.63) is 0 Å². The molecule has 0 aromatic heterocycles. The molecule has 2 unspecified atom stereocenters. The Balaban J connectivity index is 1.53. The van der Waals surface area contributed by atoms with Gasteiger partial charge in [0.2, 0.25) is 0 Å². The maximum absolute atomic E-state index is 12.5. The summed E-state index contributed by atoms with van der Waals surface area (Å²) in [5.74, 6) is 1.11. The molecule has 0 radical (unpaired) electrons. The van der Waals surface area contributed by atoms with Crippen molar-refractivity contribution in [3.63, 3.8) is 0 Å². The van der Waals surface area contributed by atoms with Crippen molar-refractivity contribution in [1.82, 2.24) is 15.1 Å². The first-order chi connectivity index (χ1) is 11.9. The van der Waals surface area contributed by atoms with E-state index in [9.17, 15) is 13.2 Å². The Morgan fingerprint density at radius 3 is 2.84 bits per heavy atom. The van der Waals surface area contributed by atoms with Crippen LogP contribution in [0.5, 0.6) is 0 Å². The van der Waals surface area contributed by atoms with E-state index < -0.39 is 12.7 Å². The van der Waals surface area contributed by atoms with Crippen LogP contribution in [-0.2, 0) is 4.74 Å². The maximum atomic E-state index is 12.5. The average Bonchev–Trinajstić information content (AvgIpc) is 3.26. The third-order valence-corrected chi connectivity index (χ3v) is 5.53. The molecule has 0 saturated carbocycles. The van der Waals surface area contributed by atoms with E-state index in [0.717, 1.165) is 58.1 Å². The smallest absolute Gasteiger partial charge is 0.381 e. The van der Waals surface area contributed by atoms with Gasteiger partial charge in [0.1, 0.15) is 0 Å². The second kappa shape index (κ2) is 7.70. The van der Waals surface area contributed by atoms with Crippen molar-refractivity contribution < 1.29 is 17.9 Å². The summed E-state index contributed by atoms with van der Waals surface area (Å²) in [4.78, 5) is 8.53. The monoisotopic (exact) mass is 362 g/mol. The molecule has 0 amide bonds. The number of alkyl halides is 3. The lowest BCUT2D eigenvalue weighted by atomic mass is 9.87. The molecule has 0 bridgehead atoms. The molecule has 3 saturated heterocycles. The molecule has 144 valence electrons. The van der Waals surface area contributed by atoms with Crippen LogP contribution in [0.3, 0.4) is 0 Å². The average molecular weight is 362 g/mol. The van der Waals surface area contributed by atoms with Crippen molar-refractivity contribution in [1.29, 1.82) is 0 Å². The topological polar surface area (TPSA) is 40.1 Å². The molecule has 0 aliphatic carbocycles. The molecule has 3 rings (SSSR count). The Morgan fingerprint density at radius 2 is 2.16 bits per heavy atom. The van der Waals surface area contributed by atoms with Gasteiger partial charge < -0.3 is 15.0 Å². The summed E-state index contributed by atoms with van der Waals surface area (Å²) in [5, 5.41) is 3.35. The largest absolute Gasteiger partial charge is 0.401 e. The molecule has 5 nitrogen and oxygen atoms in total. The van der Waals surface area contributed by atoms with E-state index in [0.29, 0.717) is 19.6 Å². The van der Waals surface area contributed by atoms with Gasteiger partial charge in [0.15, 0.2) is 5.96 Å². The van der Waals surface area contributed by atoms with Crippen molar-refractivity contribution in [2.75, 3.05) is 59.0 Å². The molecular formula is C17H29F3N4O. The van der Waals surface area contributed by atoms with Gasteiger partial charge in [-0.15, -0.1) is 0 Å². The van der Waals surface area contributed by atoms with Crippen LogP contribution in [-0.4, -0.2) is 81.0 Å². The summed E-state index contributed by atoms with van der Waals surface area (Å²) >= 11 is 0. The molecule has 3 fully saturated rings. The molecule has 1 spiro atoms. The van der Waals surface area contributed by atoms with Crippen molar-refractivity contribution in [2.45, 2.75) is 32.4 Å². The molecule has 0 aromatic rings. The fourth-order valence-corrected chi connectivity index (χ4v) is 4.19. The fraction of sp³-hybridized carbons (Fsp3) is 0.941. The third kappa shape index (κ3) is 5.00. The van der Waals surface area contributed by atoms with Gasteiger partial charge in [-0.2, -0.15) is 13.2 Å². The maximum Gasteiger partial charge on any atom is 0.401 e. The van der Waals surface area contributed by atoms with Crippen LogP contribution in [0.25, 0.3) is 0 Å². The van der Waals surface area contributed by atoms with Gasteiger partial charge in [0.25, 0.3) is 0 Å². The second-order valence-electron chi connectivity index (χ2n) is 7.67. The molecule has 0 aromatic carbocycles. The van der Waals surface area contributed by atoms with Crippen LogP contribution in [0.1, 0.15) is 26.2 Å². The Bertz CT molecular complexity index is 477. The summed E-state index contributed by atoms with van der Waals surface area (Å²) < 4.78 is 43.1. The standard InChI is InChI=1S/C17H29F3N4O/c1-2-21-15(24-7-4-16(11-24)5-8-25-13-16)22-9-14-3-6-23(10-14)12-17(18,19)20/h14H,2-13H2,1H3,(H,21,22). The number of likely N-dealkylation sites (tertiary alicyclic amines) is 2. The molecule has 3 aliphatic rings. The minimum Gasteiger partial charge on any atom is -0.381 e. The first-order valence-corrected chi connectivity index (χ1v) is 9.29. The van der Waals surface area contributed by atoms with Crippen molar-refractivity contribution in [3.8, 4) is 0 Å². The van der Waals surface area contributed by atoms with Crippen LogP contribution in [0.2, 0.25) is 0 Å². The zero-order valence-corrected chi connectivity index (χ0v) is 14.9. The van der Waals surface area contributed by atoms with E-state index in [1.165, 1.54) is 4.90 Å². The quantitative estimate of drug-likeness (QED) is 0.613. The zero-order valence-electron chi connectivity index (χ0n) is 14.9. The summed E-state index contributed by atoms with van der Waals surface area (Å²) in [6.07, 6.45) is -1.09. The highest BCUT2D eigenvalue weighted by Gasteiger charge is 2.42. The summed E-state index contributed by atoms with van der Waals surface area (Å²) in [6.45, 7) is 7.24. The summed E-state index contributed by atoms with van der Waals surface area (Å²) in [6, 6.07) is 0. The Morgan fingerprint density at radius 1 is 1.32 bits per heavy atom. The highest BCUT2D eigenvalue weighted by Crippen LogP contribution is 2.38. The van der Waals surface area contributed by atoms with Gasteiger partial charge in [-0.3, -0.25) is 9.89 Å². The number of halogens is 3. The lowest BCUT2D eigenvalue weighted by Crippen LogP contribution is -2.41. The Hall–Kier alpha value is -1.02. The summed E-state index contributed by atoms with van der Waals surface area (Å²) in [5.41, 5.74) is 0.271. The molecule has 1 N–H and O–H groups in total. The molecule has 8 heteroatoms. The number of nitrogens with one attached hydrogen (secondary N) is 1. The number of nitrogens with zero attached hydrogens (tertiary/aromatic N) is 3. The van der Waals surface area contributed by atoms with E-state index >= 15 is 0 Å². The zero-order chi connectivity index (χ0) is 17.9. The normalized spacial score (nSPS) is 31.4. The van der Waals surface area contributed by atoms with Crippen molar-refractivity contribution in [2.24, 2.45) is 16.3 Å². The van der Waals surface area contributed by atoms with E-state index in [2.05, 4.69) is 10.2 Å². The first kappa shape index (κ1) is 18.8. The number of hydrogen-bond donors (Lipinski definition) is 1. The van der Waals surface area contributed by atoms with E-state index in [4.69, 9.17) is 9.73 Å². The van der Waals surface area contributed by atoms with E-state index in [1.54, 1.807) is 0 Å². The van der Waals surface area contributed by atoms with Gasteiger partial charge in [-0.05, 0) is 38.6 Å². The van der Waals surface area contributed by atoms with Crippen molar-refractivity contribution >= 4 is 5.96 Å². The number of rotatable bonds is 4.